The van der Waals surface area contributed by atoms with Crippen LogP contribution in [0, 0.1) is 5.82 Å². The third-order valence-electron chi connectivity index (χ3n) is 3.37. The minimum atomic E-state index is -0.319. The van der Waals surface area contributed by atoms with E-state index in [4.69, 9.17) is 11.6 Å². The van der Waals surface area contributed by atoms with E-state index in [-0.39, 0.29) is 30.9 Å². The van der Waals surface area contributed by atoms with Crippen LogP contribution in [-0.2, 0) is 11.3 Å². The van der Waals surface area contributed by atoms with Crippen molar-refractivity contribution >= 4 is 17.5 Å². The molecule has 116 valence electrons. The normalized spacial score (nSPS) is 12.0. The second kappa shape index (κ2) is 7.92. The number of amides is 1. The van der Waals surface area contributed by atoms with Crippen LogP contribution in [0.4, 0.5) is 4.39 Å². The summed E-state index contributed by atoms with van der Waals surface area (Å²) >= 11 is 6.11. The molecule has 0 aliphatic rings. The molecule has 2 N–H and O–H groups in total. The maximum absolute atomic E-state index is 13.4. The molecular formula is C17H18ClFN2O. The van der Waals surface area contributed by atoms with Crippen LogP contribution in [0.5, 0.6) is 0 Å². The zero-order chi connectivity index (χ0) is 15.9. The molecule has 3 nitrogen and oxygen atoms in total. The van der Waals surface area contributed by atoms with Crippen LogP contribution in [0.15, 0.2) is 48.5 Å². The zero-order valence-corrected chi connectivity index (χ0v) is 13.0. The number of hydrogen-bond acceptors (Lipinski definition) is 2. The Labute approximate surface area is 134 Å². The Hall–Kier alpha value is -1.91. The Morgan fingerprint density at radius 3 is 2.59 bits per heavy atom. The number of benzene rings is 2. The Kier molecular flexibility index (Phi) is 5.92. The highest BCUT2D eigenvalue weighted by molar-refractivity contribution is 6.31. The summed E-state index contributed by atoms with van der Waals surface area (Å²) in [6.07, 6.45) is 0. The lowest BCUT2D eigenvalue weighted by atomic mass is 10.1. The first-order chi connectivity index (χ1) is 10.6. The molecular weight excluding hydrogens is 303 g/mol. The molecule has 0 unspecified atom stereocenters. The Balaban J connectivity index is 1.81. The fourth-order valence-electron chi connectivity index (χ4n) is 2.08. The number of carbonyl (C=O) groups excluding carboxylic acids is 1. The summed E-state index contributed by atoms with van der Waals surface area (Å²) in [6.45, 7) is 2.25. The maximum Gasteiger partial charge on any atom is 0.234 e. The van der Waals surface area contributed by atoms with Gasteiger partial charge in [0, 0.05) is 23.2 Å². The summed E-state index contributed by atoms with van der Waals surface area (Å²) in [5, 5.41) is 6.45. The van der Waals surface area contributed by atoms with Gasteiger partial charge in [0.15, 0.2) is 0 Å². The fourth-order valence-corrected chi connectivity index (χ4v) is 2.38. The fraction of sp³-hybridized carbons (Fsp3) is 0.235. The Bertz CT molecular complexity index is 648. The highest BCUT2D eigenvalue weighted by Crippen LogP contribution is 2.21. The van der Waals surface area contributed by atoms with Gasteiger partial charge in [0.2, 0.25) is 5.91 Å². The molecule has 1 amide bonds. The number of halogens is 2. The van der Waals surface area contributed by atoms with Gasteiger partial charge in [-0.2, -0.15) is 0 Å². The molecule has 0 bridgehead atoms. The molecule has 0 radical (unpaired) electrons. The molecule has 0 aromatic heterocycles. The Morgan fingerprint density at radius 1 is 1.18 bits per heavy atom. The number of carbonyl (C=O) groups is 1. The van der Waals surface area contributed by atoms with E-state index in [1.165, 1.54) is 6.07 Å². The van der Waals surface area contributed by atoms with E-state index in [0.29, 0.717) is 10.6 Å². The van der Waals surface area contributed by atoms with Crippen molar-refractivity contribution in [2.45, 2.75) is 19.5 Å². The maximum atomic E-state index is 13.4. The first kappa shape index (κ1) is 16.5. The minimum absolute atomic E-state index is 0.0482. The molecule has 0 aliphatic carbocycles. The van der Waals surface area contributed by atoms with Gasteiger partial charge in [0.1, 0.15) is 5.82 Å². The van der Waals surface area contributed by atoms with Crippen molar-refractivity contribution in [3.05, 3.63) is 70.5 Å². The van der Waals surface area contributed by atoms with Crippen molar-refractivity contribution in [3.63, 3.8) is 0 Å². The van der Waals surface area contributed by atoms with Crippen LogP contribution in [-0.4, -0.2) is 12.5 Å². The summed E-state index contributed by atoms with van der Waals surface area (Å²) in [6, 6.07) is 13.8. The molecule has 2 aromatic carbocycles. The SMILES string of the molecule is C[C@@H](NCC(=O)NCc1ccccc1F)c1ccccc1Cl. The summed E-state index contributed by atoms with van der Waals surface area (Å²) in [5.41, 5.74) is 1.40. The highest BCUT2D eigenvalue weighted by Gasteiger charge is 2.10. The number of rotatable bonds is 6. The predicted octanol–water partition coefficient (Wildman–Crippen LogP) is 3.45. The third kappa shape index (κ3) is 4.55. The molecule has 2 aromatic rings. The molecule has 0 heterocycles. The molecule has 0 spiro atoms. The van der Waals surface area contributed by atoms with Gasteiger partial charge in [-0.1, -0.05) is 48.0 Å². The van der Waals surface area contributed by atoms with Crippen molar-refractivity contribution in [2.75, 3.05) is 6.54 Å². The molecule has 5 heteroatoms. The van der Waals surface area contributed by atoms with E-state index in [0.717, 1.165) is 5.56 Å². The van der Waals surface area contributed by atoms with Crippen molar-refractivity contribution in [3.8, 4) is 0 Å². The van der Waals surface area contributed by atoms with Gasteiger partial charge in [-0.15, -0.1) is 0 Å². The molecule has 2 rings (SSSR count). The predicted molar refractivity (Wildman–Crippen MR) is 86.1 cm³/mol. The largest absolute Gasteiger partial charge is 0.351 e. The average molecular weight is 321 g/mol. The van der Waals surface area contributed by atoms with Gasteiger partial charge in [-0.05, 0) is 24.6 Å². The van der Waals surface area contributed by atoms with Gasteiger partial charge in [0.25, 0.3) is 0 Å². The minimum Gasteiger partial charge on any atom is -0.351 e. The van der Waals surface area contributed by atoms with Crippen molar-refractivity contribution in [1.29, 1.82) is 0 Å². The smallest absolute Gasteiger partial charge is 0.234 e. The summed E-state index contributed by atoms with van der Waals surface area (Å²) in [5.74, 6) is -0.512. The standard InChI is InChI=1S/C17H18ClFN2O/c1-12(14-7-3-4-8-15(14)18)20-11-17(22)21-10-13-6-2-5-9-16(13)19/h2-9,12,20H,10-11H2,1H3,(H,21,22)/t12-/m1/s1. The molecule has 1 atom stereocenters. The van der Waals surface area contributed by atoms with Crippen molar-refractivity contribution < 1.29 is 9.18 Å². The quantitative estimate of drug-likeness (QED) is 0.856. The topological polar surface area (TPSA) is 41.1 Å². The van der Waals surface area contributed by atoms with Crippen LogP contribution in [0.25, 0.3) is 0 Å². The first-order valence-corrected chi connectivity index (χ1v) is 7.43. The van der Waals surface area contributed by atoms with E-state index in [2.05, 4.69) is 10.6 Å². The number of nitrogens with one attached hydrogen (secondary N) is 2. The van der Waals surface area contributed by atoms with Gasteiger partial charge in [-0.25, -0.2) is 4.39 Å². The van der Waals surface area contributed by atoms with Crippen LogP contribution >= 0.6 is 11.6 Å². The van der Waals surface area contributed by atoms with E-state index < -0.39 is 0 Å². The van der Waals surface area contributed by atoms with Crippen LogP contribution in [0.1, 0.15) is 24.1 Å². The first-order valence-electron chi connectivity index (χ1n) is 7.06. The van der Waals surface area contributed by atoms with Gasteiger partial charge >= 0.3 is 0 Å². The average Bonchev–Trinajstić information content (AvgIpc) is 2.52. The van der Waals surface area contributed by atoms with E-state index in [1.54, 1.807) is 18.2 Å². The molecule has 0 saturated heterocycles. The lowest BCUT2D eigenvalue weighted by molar-refractivity contribution is -0.120. The number of hydrogen-bond donors (Lipinski definition) is 2. The second-order valence-electron chi connectivity index (χ2n) is 4.99. The van der Waals surface area contributed by atoms with Crippen LogP contribution in [0.3, 0.4) is 0 Å². The molecule has 22 heavy (non-hydrogen) atoms. The van der Waals surface area contributed by atoms with E-state index >= 15 is 0 Å². The van der Waals surface area contributed by atoms with Crippen LogP contribution in [0.2, 0.25) is 5.02 Å². The van der Waals surface area contributed by atoms with Crippen molar-refractivity contribution in [1.82, 2.24) is 10.6 Å². The van der Waals surface area contributed by atoms with E-state index in [1.807, 2.05) is 31.2 Å². The van der Waals surface area contributed by atoms with Crippen molar-refractivity contribution in [2.24, 2.45) is 0 Å². The second-order valence-corrected chi connectivity index (χ2v) is 5.40. The molecule has 0 saturated carbocycles. The summed E-state index contributed by atoms with van der Waals surface area (Å²) in [4.78, 5) is 11.8. The van der Waals surface area contributed by atoms with Gasteiger partial charge < -0.3 is 10.6 Å². The zero-order valence-electron chi connectivity index (χ0n) is 12.3. The highest BCUT2D eigenvalue weighted by atomic mass is 35.5. The lowest BCUT2D eigenvalue weighted by Crippen LogP contribution is -2.34. The monoisotopic (exact) mass is 320 g/mol. The van der Waals surface area contributed by atoms with Crippen LogP contribution < -0.4 is 10.6 Å². The van der Waals surface area contributed by atoms with E-state index in [9.17, 15) is 9.18 Å². The summed E-state index contributed by atoms with van der Waals surface area (Å²) in [7, 11) is 0. The Morgan fingerprint density at radius 2 is 1.86 bits per heavy atom. The molecule has 0 fully saturated rings. The lowest BCUT2D eigenvalue weighted by Gasteiger charge is -2.15. The van der Waals surface area contributed by atoms with Gasteiger partial charge in [0.05, 0.1) is 6.54 Å². The third-order valence-corrected chi connectivity index (χ3v) is 3.72. The van der Waals surface area contributed by atoms with Gasteiger partial charge in [-0.3, -0.25) is 4.79 Å². The molecule has 0 aliphatic heterocycles. The summed E-state index contributed by atoms with van der Waals surface area (Å²) < 4.78 is 13.4.